The third kappa shape index (κ3) is 1.50. The maximum absolute atomic E-state index is 4.49. The number of fused-ring (bicyclic) bond motifs is 1. The molecule has 0 saturated carbocycles. The van der Waals surface area contributed by atoms with Crippen molar-refractivity contribution in [2.75, 3.05) is 0 Å². The predicted octanol–water partition coefficient (Wildman–Crippen LogP) is 2.24. The van der Waals surface area contributed by atoms with E-state index in [1.165, 1.54) is 42.6 Å². The first kappa shape index (κ1) is 8.79. The molecular formula is C11H18N2. The van der Waals surface area contributed by atoms with Crippen molar-refractivity contribution in [3.8, 4) is 0 Å². The predicted molar refractivity (Wildman–Crippen MR) is 53.8 cm³/mol. The normalized spacial score (nSPS) is 22.5. The fourth-order valence-electron chi connectivity index (χ4n) is 2.39. The van der Waals surface area contributed by atoms with Gasteiger partial charge in [0, 0.05) is 12.7 Å². The second-order valence-corrected chi connectivity index (χ2v) is 4.34. The number of rotatable bonds is 0. The number of nitrogens with zero attached hydrogens (tertiary/aromatic N) is 2. The molecule has 1 atom stereocenters. The van der Waals surface area contributed by atoms with Gasteiger partial charge in [0.1, 0.15) is 0 Å². The van der Waals surface area contributed by atoms with Crippen LogP contribution in [0.3, 0.4) is 0 Å². The third-order valence-corrected chi connectivity index (χ3v) is 3.14. The van der Waals surface area contributed by atoms with E-state index in [1.54, 1.807) is 0 Å². The van der Waals surface area contributed by atoms with Crippen molar-refractivity contribution in [2.24, 2.45) is 13.0 Å². The summed E-state index contributed by atoms with van der Waals surface area (Å²) < 4.78 is 2.08. The topological polar surface area (TPSA) is 17.8 Å². The zero-order chi connectivity index (χ0) is 9.42. The summed E-state index contributed by atoms with van der Waals surface area (Å²) in [4.78, 5) is 0. The van der Waals surface area contributed by atoms with Gasteiger partial charge in [-0.2, -0.15) is 5.10 Å². The standard InChI is InChI=1S/C11H18N2/c1-8-5-4-6-10-9(2)12-13(3)11(10)7-8/h8H,4-7H2,1-3H3. The highest BCUT2D eigenvalue weighted by Gasteiger charge is 2.18. The summed E-state index contributed by atoms with van der Waals surface area (Å²) in [6, 6.07) is 0. The van der Waals surface area contributed by atoms with Crippen molar-refractivity contribution in [2.45, 2.75) is 39.5 Å². The minimum Gasteiger partial charge on any atom is -0.272 e. The minimum absolute atomic E-state index is 0.830. The molecule has 0 aromatic carbocycles. The summed E-state index contributed by atoms with van der Waals surface area (Å²) in [5.74, 6) is 0.830. The summed E-state index contributed by atoms with van der Waals surface area (Å²) in [6.07, 6.45) is 5.15. The summed E-state index contributed by atoms with van der Waals surface area (Å²) in [5, 5.41) is 4.49. The highest BCUT2D eigenvalue weighted by molar-refractivity contribution is 5.26. The molecule has 1 aromatic heterocycles. The zero-order valence-electron chi connectivity index (χ0n) is 8.80. The maximum Gasteiger partial charge on any atom is 0.0628 e. The van der Waals surface area contributed by atoms with Crippen LogP contribution in [0.1, 0.15) is 36.7 Å². The van der Waals surface area contributed by atoms with Gasteiger partial charge in [-0.25, -0.2) is 0 Å². The van der Waals surface area contributed by atoms with Crippen LogP contribution < -0.4 is 0 Å². The summed E-state index contributed by atoms with van der Waals surface area (Å²) in [6.45, 7) is 4.48. The van der Waals surface area contributed by atoms with Crippen molar-refractivity contribution < 1.29 is 0 Å². The van der Waals surface area contributed by atoms with Crippen LogP contribution in [-0.4, -0.2) is 9.78 Å². The Morgan fingerprint density at radius 3 is 3.00 bits per heavy atom. The van der Waals surface area contributed by atoms with Gasteiger partial charge in [-0.15, -0.1) is 0 Å². The monoisotopic (exact) mass is 178 g/mol. The van der Waals surface area contributed by atoms with E-state index in [2.05, 4.69) is 30.7 Å². The van der Waals surface area contributed by atoms with E-state index in [0.29, 0.717) is 0 Å². The lowest BCUT2D eigenvalue weighted by Gasteiger charge is -2.07. The summed E-state index contributed by atoms with van der Waals surface area (Å²) >= 11 is 0. The molecule has 1 heterocycles. The molecule has 0 spiro atoms. The van der Waals surface area contributed by atoms with Gasteiger partial charge in [0.2, 0.25) is 0 Å². The van der Waals surface area contributed by atoms with Gasteiger partial charge in [-0.05, 0) is 37.7 Å². The van der Waals surface area contributed by atoms with E-state index in [9.17, 15) is 0 Å². The first-order valence-corrected chi connectivity index (χ1v) is 5.20. The molecule has 0 saturated heterocycles. The molecule has 2 heteroatoms. The van der Waals surface area contributed by atoms with Crippen LogP contribution >= 0.6 is 0 Å². The molecule has 0 bridgehead atoms. The summed E-state index contributed by atoms with van der Waals surface area (Å²) in [7, 11) is 2.07. The molecule has 1 aliphatic carbocycles. The van der Waals surface area contributed by atoms with Crippen LogP contribution in [0.25, 0.3) is 0 Å². The van der Waals surface area contributed by atoms with Crippen LogP contribution in [0.4, 0.5) is 0 Å². The number of hydrogen-bond acceptors (Lipinski definition) is 1. The second kappa shape index (κ2) is 3.17. The van der Waals surface area contributed by atoms with Crippen molar-refractivity contribution in [1.82, 2.24) is 9.78 Å². The van der Waals surface area contributed by atoms with E-state index in [1.807, 2.05) is 0 Å². The van der Waals surface area contributed by atoms with E-state index in [-0.39, 0.29) is 0 Å². The Hall–Kier alpha value is -0.790. The molecule has 2 rings (SSSR count). The molecule has 0 aliphatic heterocycles. The zero-order valence-corrected chi connectivity index (χ0v) is 8.80. The first-order chi connectivity index (χ1) is 6.18. The van der Waals surface area contributed by atoms with Gasteiger partial charge < -0.3 is 0 Å². The van der Waals surface area contributed by atoms with Crippen molar-refractivity contribution >= 4 is 0 Å². The van der Waals surface area contributed by atoms with E-state index in [4.69, 9.17) is 0 Å². The average molecular weight is 178 g/mol. The molecule has 0 amide bonds. The Morgan fingerprint density at radius 2 is 2.23 bits per heavy atom. The minimum atomic E-state index is 0.830. The number of aromatic nitrogens is 2. The molecule has 72 valence electrons. The lowest BCUT2D eigenvalue weighted by molar-refractivity contribution is 0.508. The molecular weight excluding hydrogens is 160 g/mol. The van der Waals surface area contributed by atoms with Gasteiger partial charge in [-0.3, -0.25) is 4.68 Å². The smallest absolute Gasteiger partial charge is 0.0628 e. The van der Waals surface area contributed by atoms with Crippen LogP contribution in [-0.2, 0) is 19.9 Å². The van der Waals surface area contributed by atoms with Crippen LogP contribution in [0.5, 0.6) is 0 Å². The molecule has 2 nitrogen and oxygen atoms in total. The average Bonchev–Trinajstić information content (AvgIpc) is 2.28. The molecule has 13 heavy (non-hydrogen) atoms. The highest BCUT2D eigenvalue weighted by Crippen LogP contribution is 2.25. The summed E-state index contributed by atoms with van der Waals surface area (Å²) in [5.41, 5.74) is 4.24. The van der Waals surface area contributed by atoms with Crippen molar-refractivity contribution in [3.05, 3.63) is 17.0 Å². The fraction of sp³-hybridized carbons (Fsp3) is 0.727. The van der Waals surface area contributed by atoms with Gasteiger partial charge in [-0.1, -0.05) is 13.3 Å². The maximum atomic E-state index is 4.49. The largest absolute Gasteiger partial charge is 0.272 e. The van der Waals surface area contributed by atoms with Crippen LogP contribution in [0.15, 0.2) is 0 Å². The Balaban J connectivity index is 2.41. The van der Waals surface area contributed by atoms with Gasteiger partial charge in [0.25, 0.3) is 0 Å². The molecule has 0 radical (unpaired) electrons. The van der Waals surface area contributed by atoms with E-state index < -0.39 is 0 Å². The Kier molecular flexibility index (Phi) is 2.14. The molecule has 0 N–H and O–H groups in total. The molecule has 1 aromatic rings. The van der Waals surface area contributed by atoms with Gasteiger partial charge in [0.15, 0.2) is 0 Å². The SMILES string of the molecule is Cc1nn(C)c2c1CCCC(C)C2. The third-order valence-electron chi connectivity index (χ3n) is 3.14. The van der Waals surface area contributed by atoms with Crippen molar-refractivity contribution in [1.29, 1.82) is 0 Å². The molecule has 0 fully saturated rings. The number of hydrogen-bond donors (Lipinski definition) is 0. The Labute approximate surface area is 80.0 Å². The Bertz CT molecular complexity index is 312. The Morgan fingerprint density at radius 1 is 1.46 bits per heavy atom. The first-order valence-electron chi connectivity index (χ1n) is 5.20. The lowest BCUT2D eigenvalue weighted by Crippen LogP contribution is -2.04. The van der Waals surface area contributed by atoms with E-state index in [0.717, 1.165) is 5.92 Å². The molecule has 1 unspecified atom stereocenters. The van der Waals surface area contributed by atoms with Crippen molar-refractivity contribution in [3.63, 3.8) is 0 Å². The van der Waals surface area contributed by atoms with Gasteiger partial charge >= 0.3 is 0 Å². The highest BCUT2D eigenvalue weighted by atomic mass is 15.3. The lowest BCUT2D eigenvalue weighted by atomic mass is 10.0. The van der Waals surface area contributed by atoms with E-state index >= 15 is 0 Å². The van der Waals surface area contributed by atoms with Crippen LogP contribution in [0, 0.1) is 12.8 Å². The van der Waals surface area contributed by atoms with Gasteiger partial charge in [0.05, 0.1) is 5.69 Å². The molecule has 1 aliphatic rings. The number of aryl methyl sites for hydroxylation is 2. The fourth-order valence-corrected chi connectivity index (χ4v) is 2.39. The van der Waals surface area contributed by atoms with Crippen LogP contribution in [0.2, 0.25) is 0 Å². The quantitative estimate of drug-likeness (QED) is 0.557. The second-order valence-electron chi connectivity index (χ2n) is 4.34.